The van der Waals surface area contributed by atoms with Gasteiger partial charge < -0.3 is 15.2 Å². The number of carboxylic acid groups (broad SMARTS) is 1. The number of hydrogen-bond acceptors (Lipinski definition) is 4. The molecule has 2 aromatic carbocycles. The molecule has 2 heterocycles. The third-order valence-corrected chi connectivity index (χ3v) is 6.55. The minimum absolute atomic E-state index is 0.0612. The molecule has 2 N–H and O–H groups in total. The molecule has 0 aromatic heterocycles. The van der Waals surface area contributed by atoms with Gasteiger partial charge in [0.2, 0.25) is 0 Å². The van der Waals surface area contributed by atoms with Gasteiger partial charge >= 0.3 is 5.97 Å². The number of carboxylic acids is 1. The van der Waals surface area contributed by atoms with E-state index in [0.29, 0.717) is 17.1 Å². The van der Waals surface area contributed by atoms with Crippen LogP contribution in [0.25, 0.3) is 0 Å². The lowest BCUT2D eigenvalue weighted by Crippen LogP contribution is -2.50. The maximum absolute atomic E-state index is 12.4. The number of carbonyl (C=O) groups is 2. The van der Waals surface area contributed by atoms with Crippen molar-refractivity contribution in [2.75, 3.05) is 6.61 Å². The summed E-state index contributed by atoms with van der Waals surface area (Å²) >= 11 is 11.8. The van der Waals surface area contributed by atoms with Crippen LogP contribution >= 0.6 is 23.2 Å². The lowest BCUT2D eigenvalue weighted by Gasteiger charge is -2.39. The standard InChI is InChI=1S/C23H24Cl2N2O4/c24-15-3-1-14(2-4-15)12-27-18-6-7-19(27)11-17(10-18)26-22(28)13-31-21-8-5-16(25)9-20(21)23(29)30/h1-5,8-9,17-19H,6-7,10-13H2,(H,26,28)(H,29,30). The van der Waals surface area contributed by atoms with Crippen LogP contribution in [0.15, 0.2) is 42.5 Å². The van der Waals surface area contributed by atoms with E-state index < -0.39 is 5.97 Å². The summed E-state index contributed by atoms with van der Waals surface area (Å²) < 4.78 is 5.46. The molecule has 2 aliphatic heterocycles. The minimum Gasteiger partial charge on any atom is -0.483 e. The Balaban J connectivity index is 1.30. The van der Waals surface area contributed by atoms with Crippen LogP contribution < -0.4 is 10.1 Å². The maximum Gasteiger partial charge on any atom is 0.339 e. The largest absolute Gasteiger partial charge is 0.483 e. The predicted octanol–water partition coefficient (Wildman–Crippen LogP) is 4.38. The first-order chi connectivity index (χ1) is 14.9. The zero-order valence-corrected chi connectivity index (χ0v) is 18.4. The Kier molecular flexibility index (Phi) is 6.70. The number of amides is 1. The van der Waals surface area contributed by atoms with Crippen LogP contribution in [0.3, 0.4) is 0 Å². The van der Waals surface area contributed by atoms with Crippen LogP contribution in [0, 0.1) is 0 Å². The number of carbonyl (C=O) groups excluding carboxylic acids is 1. The van der Waals surface area contributed by atoms with Crippen molar-refractivity contribution in [2.45, 2.75) is 50.4 Å². The number of hydrogen-bond donors (Lipinski definition) is 2. The molecule has 2 unspecified atom stereocenters. The highest BCUT2D eigenvalue weighted by Crippen LogP contribution is 2.37. The fourth-order valence-corrected chi connectivity index (χ4v) is 4.96. The second-order valence-corrected chi connectivity index (χ2v) is 9.03. The third kappa shape index (κ3) is 5.32. The fraction of sp³-hybridized carbons (Fsp3) is 0.391. The summed E-state index contributed by atoms with van der Waals surface area (Å²) in [6, 6.07) is 13.3. The molecule has 2 bridgehead atoms. The molecule has 2 aliphatic rings. The Labute approximate surface area is 191 Å². The first kappa shape index (κ1) is 21.9. The molecule has 8 heteroatoms. The molecule has 0 radical (unpaired) electrons. The van der Waals surface area contributed by atoms with E-state index in [1.807, 2.05) is 12.1 Å². The smallest absolute Gasteiger partial charge is 0.339 e. The van der Waals surface area contributed by atoms with Crippen molar-refractivity contribution in [3.63, 3.8) is 0 Å². The molecule has 2 aromatic rings. The second kappa shape index (κ2) is 9.47. The average molecular weight is 463 g/mol. The molecular weight excluding hydrogens is 439 g/mol. The monoisotopic (exact) mass is 462 g/mol. The molecular formula is C23H24Cl2N2O4. The van der Waals surface area contributed by atoms with Gasteiger partial charge in [-0.2, -0.15) is 0 Å². The quantitative estimate of drug-likeness (QED) is 0.637. The summed E-state index contributed by atoms with van der Waals surface area (Å²) in [6.45, 7) is 0.660. The number of fused-ring (bicyclic) bond motifs is 2. The summed E-state index contributed by atoms with van der Waals surface area (Å²) in [7, 11) is 0. The second-order valence-electron chi connectivity index (χ2n) is 8.15. The van der Waals surface area contributed by atoms with Crippen molar-refractivity contribution in [2.24, 2.45) is 0 Å². The summed E-state index contributed by atoms with van der Waals surface area (Å²) in [5.41, 5.74) is 1.18. The van der Waals surface area contributed by atoms with Crippen LogP contribution in [-0.2, 0) is 11.3 Å². The van der Waals surface area contributed by atoms with Crippen LogP contribution in [0.4, 0.5) is 0 Å². The van der Waals surface area contributed by atoms with Gasteiger partial charge in [-0.1, -0.05) is 35.3 Å². The molecule has 1 amide bonds. The highest BCUT2D eigenvalue weighted by atomic mass is 35.5. The molecule has 31 heavy (non-hydrogen) atoms. The van der Waals surface area contributed by atoms with Gasteiger partial charge in [0.25, 0.3) is 5.91 Å². The van der Waals surface area contributed by atoms with Gasteiger partial charge in [-0.15, -0.1) is 0 Å². The SMILES string of the molecule is O=C(COc1ccc(Cl)cc1C(=O)O)NC1CC2CCC(C1)N2Cc1ccc(Cl)cc1. The van der Waals surface area contributed by atoms with E-state index in [1.54, 1.807) is 0 Å². The highest BCUT2D eigenvalue weighted by molar-refractivity contribution is 6.31. The van der Waals surface area contributed by atoms with Crippen molar-refractivity contribution in [1.29, 1.82) is 0 Å². The summed E-state index contributed by atoms with van der Waals surface area (Å²) in [6.07, 6.45) is 4.07. The molecule has 164 valence electrons. The van der Waals surface area contributed by atoms with Gasteiger partial charge in [-0.05, 0) is 61.6 Å². The van der Waals surface area contributed by atoms with Gasteiger partial charge in [0.1, 0.15) is 11.3 Å². The number of benzene rings is 2. The predicted molar refractivity (Wildman–Crippen MR) is 119 cm³/mol. The Morgan fingerprint density at radius 3 is 2.32 bits per heavy atom. The Bertz CT molecular complexity index is 953. The Hall–Kier alpha value is -2.28. The zero-order chi connectivity index (χ0) is 22.0. The van der Waals surface area contributed by atoms with E-state index in [4.69, 9.17) is 27.9 Å². The van der Waals surface area contributed by atoms with E-state index in [0.717, 1.165) is 37.3 Å². The molecule has 2 fully saturated rings. The number of halogens is 2. The molecule has 0 spiro atoms. The maximum atomic E-state index is 12.4. The number of nitrogens with zero attached hydrogens (tertiary/aromatic N) is 1. The van der Waals surface area contributed by atoms with Crippen molar-refractivity contribution >= 4 is 35.1 Å². The Morgan fingerprint density at radius 1 is 1.03 bits per heavy atom. The van der Waals surface area contributed by atoms with Gasteiger partial charge in [-0.3, -0.25) is 9.69 Å². The zero-order valence-electron chi connectivity index (χ0n) is 16.9. The highest BCUT2D eigenvalue weighted by Gasteiger charge is 2.40. The summed E-state index contributed by atoms with van der Waals surface area (Å²) in [4.78, 5) is 26.3. The van der Waals surface area contributed by atoms with Crippen molar-refractivity contribution < 1.29 is 19.4 Å². The molecule has 2 saturated heterocycles. The third-order valence-electron chi connectivity index (χ3n) is 6.06. The van der Waals surface area contributed by atoms with E-state index in [2.05, 4.69) is 22.3 Å². The molecule has 0 saturated carbocycles. The number of piperidine rings is 1. The van der Waals surface area contributed by atoms with Crippen LogP contribution in [0.2, 0.25) is 10.0 Å². The van der Waals surface area contributed by atoms with E-state index in [9.17, 15) is 14.7 Å². The van der Waals surface area contributed by atoms with Gasteiger partial charge in [0.05, 0.1) is 0 Å². The summed E-state index contributed by atoms with van der Waals surface area (Å²) in [5, 5.41) is 13.4. The Morgan fingerprint density at radius 2 is 1.68 bits per heavy atom. The topological polar surface area (TPSA) is 78.9 Å². The lowest BCUT2D eigenvalue weighted by atomic mass is 9.96. The van der Waals surface area contributed by atoms with Gasteiger partial charge in [-0.25, -0.2) is 4.79 Å². The molecule has 2 atom stereocenters. The average Bonchev–Trinajstić information content (AvgIpc) is 2.96. The van der Waals surface area contributed by atoms with Crippen LogP contribution in [0.5, 0.6) is 5.75 Å². The van der Waals surface area contributed by atoms with Gasteiger partial charge in [0, 0.05) is 34.7 Å². The minimum atomic E-state index is -1.15. The number of aromatic carboxylic acids is 1. The first-order valence-corrected chi connectivity index (χ1v) is 11.1. The number of rotatable bonds is 7. The van der Waals surface area contributed by atoms with E-state index >= 15 is 0 Å². The fourth-order valence-electron chi connectivity index (χ4n) is 4.66. The van der Waals surface area contributed by atoms with Crippen molar-refractivity contribution in [3.8, 4) is 5.75 Å². The van der Waals surface area contributed by atoms with Gasteiger partial charge in [0.15, 0.2) is 6.61 Å². The van der Waals surface area contributed by atoms with E-state index in [-0.39, 0.29) is 29.9 Å². The molecule has 6 nitrogen and oxygen atoms in total. The molecule has 4 rings (SSSR count). The van der Waals surface area contributed by atoms with Crippen molar-refractivity contribution in [1.82, 2.24) is 10.2 Å². The normalized spacial score (nSPS) is 22.8. The summed E-state index contributed by atoms with van der Waals surface area (Å²) in [5.74, 6) is -1.27. The number of nitrogens with one attached hydrogen (secondary N) is 1. The van der Waals surface area contributed by atoms with Crippen molar-refractivity contribution in [3.05, 3.63) is 63.6 Å². The first-order valence-electron chi connectivity index (χ1n) is 10.3. The van der Waals surface area contributed by atoms with E-state index in [1.165, 1.54) is 23.8 Å². The van der Waals surface area contributed by atoms with Crippen LogP contribution in [0.1, 0.15) is 41.6 Å². The number of ether oxygens (including phenoxy) is 1. The van der Waals surface area contributed by atoms with Crippen LogP contribution in [-0.4, -0.2) is 46.6 Å². The molecule has 0 aliphatic carbocycles. The lowest BCUT2D eigenvalue weighted by molar-refractivity contribution is -0.124.